The minimum absolute atomic E-state index is 0.549. The summed E-state index contributed by atoms with van der Waals surface area (Å²) in [4.78, 5) is 15.3. The van der Waals surface area contributed by atoms with E-state index < -0.39 is 0 Å². The molecule has 0 saturated heterocycles. The van der Waals surface area contributed by atoms with Gasteiger partial charge >= 0.3 is 0 Å². The second-order valence-corrected chi connectivity index (χ2v) is 15.6. The molecule has 0 aliphatic carbocycles. The van der Waals surface area contributed by atoms with Crippen molar-refractivity contribution in [3.63, 3.8) is 0 Å². The number of para-hydroxylation sites is 2. The molecule has 0 aliphatic heterocycles. The standard InChI is InChI=1S/C57H36N4O/c1-4-14-37(15-5-1)39-26-28-41(29-27-39)44-20-12-21-45(36-44)61-51-25-11-10-22-46(51)47-34-35-49-48-23-13-24-50(53(48)62-54(49)52(47)61)57-59-55(42-18-8-3-9-19-42)58-56(60-57)43-32-30-40(31-33-43)38-16-6-2-7-17-38/h1-36H. The van der Waals surface area contributed by atoms with Crippen LogP contribution in [0.1, 0.15) is 0 Å². The number of rotatable bonds is 7. The number of nitrogens with zero attached hydrogens (tertiary/aromatic N) is 4. The van der Waals surface area contributed by atoms with Crippen LogP contribution in [0, 0.1) is 0 Å². The molecule has 5 nitrogen and oxygen atoms in total. The number of furan rings is 1. The zero-order valence-electron chi connectivity index (χ0n) is 33.5. The number of hydrogen-bond acceptors (Lipinski definition) is 4. The Labute approximate surface area is 357 Å². The highest BCUT2D eigenvalue weighted by atomic mass is 16.3. The third-order valence-electron chi connectivity index (χ3n) is 11.9. The monoisotopic (exact) mass is 792 g/mol. The van der Waals surface area contributed by atoms with Crippen LogP contribution in [-0.2, 0) is 0 Å². The van der Waals surface area contributed by atoms with Crippen molar-refractivity contribution in [3.8, 4) is 73.2 Å². The number of aromatic nitrogens is 4. The number of benzene rings is 9. The maximum atomic E-state index is 7.15. The molecule has 0 unspecified atom stereocenters. The smallest absolute Gasteiger partial charge is 0.167 e. The van der Waals surface area contributed by atoms with Crippen LogP contribution < -0.4 is 0 Å². The van der Waals surface area contributed by atoms with Gasteiger partial charge in [-0.25, -0.2) is 15.0 Å². The van der Waals surface area contributed by atoms with E-state index in [-0.39, 0.29) is 0 Å². The quantitative estimate of drug-likeness (QED) is 0.161. The Bertz CT molecular complexity index is 3590. The Hall–Kier alpha value is -8.41. The molecule has 12 rings (SSSR count). The fraction of sp³-hybridized carbons (Fsp3) is 0. The summed E-state index contributed by atoms with van der Waals surface area (Å²) in [5.74, 6) is 1.75. The van der Waals surface area contributed by atoms with Crippen molar-refractivity contribution in [1.29, 1.82) is 0 Å². The third-order valence-corrected chi connectivity index (χ3v) is 11.9. The van der Waals surface area contributed by atoms with Crippen molar-refractivity contribution in [3.05, 3.63) is 218 Å². The van der Waals surface area contributed by atoms with E-state index in [2.05, 4.69) is 187 Å². The maximum Gasteiger partial charge on any atom is 0.167 e. The van der Waals surface area contributed by atoms with Crippen LogP contribution in [0.4, 0.5) is 0 Å². The third kappa shape index (κ3) is 6.06. The van der Waals surface area contributed by atoms with Gasteiger partial charge in [0.05, 0.1) is 16.6 Å². The number of fused-ring (bicyclic) bond motifs is 7. The van der Waals surface area contributed by atoms with Crippen molar-refractivity contribution < 1.29 is 4.42 Å². The van der Waals surface area contributed by atoms with Gasteiger partial charge in [-0.3, -0.25) is 0 Å². The molecule has 0 spiro atoms. The van der Waals surface area contributed by atoms with Crippen molar-refractivity contribution in [2.24, 2.45) is 0 Å². The van der Waals surface area contributed by atoms with E-state index in [9.17, 15) is 0 Å². The van der Waals surface area contributed by atoms with E-state index in [1.54, 1.807) is 0 Å². The van der Waals surface area contributed by atoms with Gasteiger partial charge in [-0.1, -0.05) is 188 Å². The van der Waals surface area contributed by atoms with E-state index in [4.69, 9.17) is 19.4 Å². The zero-order valence-corrected chi connectivity index (χ0v) is 33.5. The minimum Gasteiger partial charge on any atom is -0.453 e. The van der Waals surface area contributed by atoms with Crippen LogP contribution >= 0.6 is 0 Å². The van der Waals surface area contributed by atoms with E-state index in [1.165, 1.54) is 11.1 Å². The maximum absolute atomic E-state index is 7.15. The Morgan fingerprint density at radius 2 is 0.758 bits per heavy atom. The van der Waals surface area contributed by atoms with Crippen LogP contribution in [0.3, 0.4) is 0 Å². The summed E-state index contributed by atoms with van der Waals surface area (Å²) < 4.78 is 9.50. The van der Waals surface area contributed by atoms with Crippen molar-refractivity contribution in [2.75, 3.05) is 0 Å². The minimum atomic E-state index is 0.549. The molecule has 0 radical (unpaired) electrons. The van der Waals surface area contributed by atoms with Gasteiger partial charge in [-0.05, 0) is 63.7 Å². The SMILES string of the molecule is c1ccc(-c2ccc(-c3cccc(-n4c5ccccc5c5ccc6c7cccc(-c8nc(-c9ccccc9)nc(-c9ccc(-c%10ccccc%10)cc9)n8)c7oc6c54)c3)cc2)cc1. The molecular weight excluding hydrogens is 757 g/mol. The largest absolute Gasteiger partial charge is 0.453 e. The van der Waals surface area contributed by atoms with Crippen LogP contribution in [-0.4, -0.2) is 19.5 Å². The highest BCUT2D eigenvalue weighted by Gasteiger charge is 2.22. The number of hydrogen-bond donors (Lipinski definition) is 0. The first-order valence-electron chi connectivity index (χ1n) is 20.8. The normalized spacial score (nSPS) is 11.5. The molecule has 0 fully saturated rings. The summed E-state index contributed by atoms with van der Waals surface area (Å²) in [5.41, 5.74) is 14.3. The van der Waals surface area contributed by atoms with Crippen molar-refractivity contribution >= 4 is 43.7 Å². The second-order valence-electron chi connectivity index (χ2n) is 15.6. The lowest BCUT2D eigenvalue weighted by Gasteiger charge is -2.11. The molecule has 0 saturated carbocycles. The van der Waals surface area contributed by atoms with E-state index in [0.717, 1.165) is 88.4 Å². The van der Waals surface area contributed by atoms with Gasteiger partial charge in [-0.15, -0.1) is 0 Å². The molecule has 62 heavy (non-hydrogen) atoms. The van der Waals surface area contributed by atoms with Crippen LogP contribution in [0.2, 0.25) is 0 Å². The first kappa shape index (κ1) is 35.5. The lowest BCUT2D eigenvalue weighted by molar-refractivity contribution is 0.671. The molecule has 9 aromatic carbocycles. The molecule has 0 N–H and O–H groups in total. The van der Waals surface area contributed by atoms with Crippen LogP contribution in [0.15, 0.2) is 223 Å². The summed E-state index contributed by atoms with van der Waals surface area (Å²) in [6.45, 7) is 0. The first-order chi connectivity index (χ1) is 30.7. The summed E-state index contributed by atoms with van der Waals surface area (Å²) in [6, 6.07) is 76.3. The van der Waals surface area contributed by atoms with E-state index in [0.29, 0.717) is 17.5 Å². The molecule has 12 aromatic rings. The zero-order chi connectivity index (χ0) is 41.0. The molecule has 0 atom stereocenters. The van der Waals surface area contributed by atoms with Gasteiger partial charge in [0, 0.05) is 38.4 Å². The molecule has 290 valence electrons. The van der Waals surface area contributed by atoms with Crippen molar-refractivity contribution in [2.45, 2.75) is 0 Å². The van der Waals surface area contributed by atoms with Crippen LogP contribution in [0.5, 0.6) is 0 Å². The molecular formula is C57H36N4O. The Morgan fingerprint density at radius 1 is 0.306 bits per heavy atom. The summed E-state index contributed by atoms with van der Waals surface area (Å²) >= 11 is 0. The van der Waals surface area contributed by atoms with Gasteiger partial charge < -0.3 is 8.98 Å². The molecule has 3 heterocycles. The van der Waals surface area contributed by atoms with Gasteiger partial charge in [0.15, 0.2) is 23.1 Å². The fourth-order valence-corrected chi connectivity index (χ4v) is 8.84. The van der Waals surface area contributed by atoms with Gasteiger partial charge in [0.2, 0.25) is 0 Å². The lowest BCUT2D eigenvalue weighted by Crippen LogP contribution is -2.00. The molecule has 0 amide bonds. The predicted molar refractivity (Wildman–Crippen MR) is 254 cm³/mol. The molecule has 5 heteroatoms. The second kappa shape index (κ2) is 14.7. The topological polar surface area (TPSA) is 56.7 Å². The summed E-state index contributed by atoms with van der Waals surface area (Å²) in [5, 5.41) is 4.31. The van der Waals surface area contributed by atoms with E-state index in [1.807, 2.05) is 36.4 Å². The highest BCUT2D eigenvalue weighted by molar-refractivity contribution is 6.22. The Kier molecular flexibility index (Phi) is 8.42. The molecule has 3 aromatic heterocycles. The highest BCUT2D eigenvalue weighted by Crippen LogP contribution is 2.43. The lowest BCUT2D eigenvalue weighted by atomic mass is 10.00. The summed E-state index contributed by atoms with van der Waals surface area (Å²) in [7, 11) is 0. The molecule has 0 bridgehead atoms. The first-order valence-corrected chi connectivity index (χ1v) is 20.8. The van der Waals surface area contributed by atoms with Crippen molar-refractivity contribution in [1.82, 2.24) is 19.5 Å². The average Bonchev–Trinajstić information content (AvgIpc) is 3.91. The average molecular weight is 793 g/mol. The summed E-state index contributed by atoms with van der Waals surface area (Å²) in [6.07, 6.45) is 0. The van der Waals surface area contributed by atoms with Gasteiger partial charge in [0.25, 0.3) is 0 Å². The Morgan fingerprint density at radius 3 is 1.42 bits per heavy atom. The Balaban J connectivity index is 1.03. The predicted octanol–water partition coefficient (Wildman–Crippen LogP) is 14.9. The van der Waals surface area contributed by atoms with Gasteiger partial charge in [-0.2, -0.15) is 0 Å². The van der Waals surface area contributed by atoms with E-state index >= 15 is 0 Å². The van der Waals surface area contributed by atoms with Gasteiger partial charge in [0.1, 0.15) is 5.58 Å². The molecule has 0 aliphatic rings. The fourth-order valence-electron chi connectivity index (χ4n) is 8.84. The van der Waals surface area contributed by atoms with Crippen LogP contribution in [0.25, 0.3) is 117 Å².